The Bertz CT molecular complexity index is 929. The van der Waals surface area contributed by atoms with Gasteiger partial charge in [-0.05, 0) is 37.1 Å². The van der Waals surface area contributed by atoms with E-state index in [1.165, 1.54) is 16.7 Å². The molecule has 0 unspecified atom stereocenters. The highest BCUT2D eigenvalue weighted by Gasteiger charge is 2.30. The molecule has 0 aromatic heterocycles. The Morgan fingerprint density at radius 2 is 1.79 bits per heavy atom. The SMILES string of the molecule is C[C@@H](OC(=O)c1ccccc1SCC(=O)N(C)C)C(=O)N1CCc2ccccc21. The Morgan fingerprint density at radius 3 is 2.55 bits per heavy atom. The third-order valence-electron chi connectivity index (χ3n) is 4.74. The standard InChI is InChI=1S/C22H24N2O4S/c1-15(21(26)24-13-12-16-8-4-6-10-18(16)24)28-22(27)17-9-5-7-11-19(17)29-14-20(25)23(2)3/h4-11,15H,12-14H2,1-3H3/t15-/m1/s1. The second-order valence-electron chi connectivity index (χ2n) is 6.99. The van der Waals surface area contributed by atoms with Gasteiger partial charge < -0.3 is 14.5 Å². The number of hydrogen-bond acceptors (Lipinski definition) is 5. The molecule has 3 rings (SSSR count). The molecule has 2 amide bonds. The molecule has 2 aromatic rings. The molecule has 7 heteroatoms. The van der Waals surface area contributed by atoms with Gasteiger partial charge in [0.25, 0.3) is 5.91 Å². The Morgan fingerprint density at radius 1 is 1.10 bits per heavy atom. The zero-order chi connectivity index (χ0) is 21.0. The van der Waals surface area contributed by atoms with Gasteiger partial charge in [0, 0.05) is 31.2 Å². The number of esters is 1. The quantitative estimate of drug-likeness (QED) is 0.539. The van der Waals surface area contributed by atoms with Crippen LogP contribution in [-0.4, -0.2) is 55.2 Å². The van der Waals surface area contributed by atoms with Gasteiger partial charge in [0.05, 0.1) is 11.3 Å². The van der Waals surface area contributed by atoms with Gasteiger partial charge in [-0.3, -0.25) is 9.59 Å². The first-order valence-corrected chi connectivity index (χ1v) is 10.4. The molecule has 0 radical (unpaired) electrons. The predicted molar refractivity (Wildman–Crippen MR) is 113 cm³/mol. The third-order valence-corrected chi connectivity index (χ3v) is 5.80. The van der Waals surface area contributed by atoms with Gasteiger partial charge in [-0.1, -0.05) is 30.3 Å². The fourth-order valence-electron chi connectivity index (χ4n) is 3.09. The summed E-state index contributed by atoms with van der Waals surface area (Å²) in [7, 11) is 3.37. The molecule has 1 heterocycles. The van der Waals surface area contributed by atoms with Crippen molar-refractivity contribution in [2.75, 3.05) is 31.3 Å². The van der Waals surface area contributed by atoms with E-state index in [-0.39, 0.29) is 17.6 Å². The first-order chi connectivity index (χ1) is 13.9. The third kappa shape index (κ3) is 4.79. The molecule has 0 saturated heterocycles. The van der Waals surface area contributed by atoms with Crippen molar-refractivity contribution in [1.29, 1.82) is 0 Å². The monoisotopic (exact) mass is 412 g/mol. The van der Waals surface area contributed by atoms with Crippen molar-refractivity contribution in [2.24, 2.45) is 0 Å². The Kier molecular flexibility index (Phi) is 6.59. The van der Waals surface area contributed by atoms with E-state index in [1.54, 1.807) is 50.2 Å². The molecule has 0 spiro atoms. The number of ether oxygens (including phenoxy) is 1. The second-order valence-corrected chi connectivity index (χ2v) is 8.01. The number of para-hydroxylation sites is 1. The average molecular weight is 413 g/mol. The van der Waals surface area contributed by atoms with Gasteiger partial charge in [0.2, 0.25) is 5.91 Å². The van der Waals surface area contributed by atoms with Crippen LogP contribution in [0, 0.1) is 0 Å². The van der Waals surface area contributed by atoms with Gasteiger partial charge in [-0.15, -0.1) is 11.8 Å². The fourth-order valence-corrected chi connectivity index (χ4v) is 4.11. The van der Waals surface area contributed by atoms with Crippen molar-refractivity contribution < 1.29 is 19.1 Å². The minimum Gasteiger partial charge on any atom is -0.449 e. The molecular weight excluding hydrogens is 388 g/mol. The van der Waals surface area contributed by atoms with Gasteiger partial charge in [-0.2, -0.15) is 0 Å². The van der Waals surface area contributed by atoms with Gasteiger partial charge in [0.15, 0.2) is 6.10 Å². The number of amides is 2. The summed E-state index contributed by atoms with van der Waals surface area (Å²) >= 11 is 1.28. The minimum atomic E-state index is -0.907. The van der Waals surface area contributed by atoms with E-state index in [4.69, 9.17) is 4.74 Å². The van der Waals surface area contributed by atoms with Crippen LogP contribution in [-0.2, 0) is 20.7 Å². The number of thioether (sulfide) groups is 1. The molecule has 152 valence electrons. The number of anilines is 1. The first-order valence-electron chi connectivity index (χ1n) is 9.40. The topological polar surface area (TPSA) is 66.9 Å². The highest BCUT2D eigenvalue weighted by atomic mass is 32.2. The molecule has 1 aliphatic heterocycles. The van der Waals surface area contributed by atoms with Crippen LogP contribution in [0.15, 0.2) is 53.4 Å². The zero-order valence-corrected chi connectivity index (χ0v) is 17.6. The maximum absolute atomic E-state index is 12.8. The van der Waals surface area contributed by atoms with E-state index in [9.17, 15) is 14.4 Å². The summed E-state index contributed by atoms with van der Waals surface area (Å²) in [6.07, 6.45) is -0.114. The zero-order valence-electron chi connectivity index (χ0n) is 16.8. The van der Waals surface area contributed by atoms with Crippen molar-refractivity contribution in [3.8, 4) is 0 Å². The summed E-state index contributed by atoms with van der Waals surface area (Å²) in [6.45, 7) is 2.17. The van der Waals surface area contributed by atoms with Crippen LogP contribution < -0.4 is 4.90 Å². The van der Waals surface area contributed by atoms with Crippen molar-refractivity contribution in [3.05, 3.63) is 59.7 Å². The Labute approximate surface area is 174 Å². The Balaban J connectivity index is 1.67. The van der Waals surface area contributed by atoms with Crippen LogP contribution in [0.5, 0.6) is 0 Å². The van der Waals surface area contributed by atoms with Crippen LogP contribution in [0.4, 0.5) is 5.69 Å². The average Bonchev–Trinajstić information content (AvgIpc) is 3.15. The van der Waals surface area contributed by atoms with Crippen LogP contribution >= 0.6 is 11.8 Å². The molecule has 6 nitrogen and oxygen atoms in total. The van der Waals surface area contributed by atoms with E-state index in [1.807, 2.05) is 24.3 Å². The highest BCUT2D eigenvalue weighted by molar-refractivity contribution is 8.00. The van der Waals surface area contributed by atoms with Crippen LogP contribution in [0.25, 0.3) is 0 Å². The Hall–Kier alpha value is -2.80. The lowest BCUT2D eigenvalue weighted by Gasteiger charge is -2.22. The molecule has 2 aromatic carbocycles. The second kappa shape index (κ2) is 9.13. The fraction of sp³-hybridized carbons (Fsp3) is 0.318. The lowest BCUT2D eigenvalue weighted by Crippen LogP contribution is -2.39. The number of benzene rings is 2. The molecular formula is C22H24N2O4S. The van der Waals surface area contributed by atoms with Crippen LogP contribution in [0.2, 0.25) is 0 Å². The normalized spacial score (nSPS) is 13.6. The van der Waals surface area contributed by atoms with E-state index >= 15 is 0 Å². The highest BCUT2D eigenvalue weighted by Crippen LogP contribution is 2.29. The summed E-state index contributed by atoms with van der Waals surface area (Å²) in [6, 6.07) is 14.7. The van der Waals surface area contributed by atoms with E-state index in [0.717, 1.165) is 17.7 Å². The van der Waals surface area contributed by atoms with Crippen molar-refractivity contribution in [2.45, 2.75) is 24.3 Å². The number of carbonyl (C=O) groups excluding carboxylic acids is 3. The lowest BCUT2D eigenvalue weighted by molar-refractivity contribution is -0.126. The molecule has 0 N–H and O–H groups in total. The van der Waals surface area contributed by atoms with Crippen LogP contribution in [0.1, 0.15) is 22.8 Å². The molecule has 1 aliphatic rings. The summed E-state index contributed by atoms with van der Waals surface area (Å²) in [5.41, 5.74) is 2.34. The largest absolute Gasteiger partial charge is 0.449 e. The maximum Gasteiger partial charge on any atom is 0.340 e. The van der Waals surface area contributed by atoms with E-state index in [2.05, 4.69) is 0 Å². The summed E-state index contributed by atoms with van der Waals surface area (Å²) < 4.78 is 5.48. The number of fused-ring (bicyclic) bond motifs is 1. The molecule has 0 bridgehead atoms. The first kappa shape index (κ1) is 20.9. The van der Waals surface area contributed by atoms with Gasteiger partial charge in [0.1, 0.15) is 0 Å². The van der Waals surface area contributed by atoms with E-state index < -0.39 is 12.1 Å². The number of hydrogen-bond donors (Lipinski definition) is 0. The minimum absolute atomic E-state index is 0.0468. The smallest absolute Gasteiger partial charge is 0.340 e. The van der Waals surface area contributed by atoms with Crippen molar-refractivity contribution >= 4 is 35.2 Å². The van der Waals surface area contributed by atoms with Crippen molar-refractivity contribution in [3.63, 3.8) is 0 Å². The van der Waals surface area contributed by atoms with E-state index in [0.29, 0.717) is 17.0 Å². The summed E-state index contributed by atoms with van der Waals surface area (Å²) in [5, 5.41) is 0. The predicted octanol–water partition coefficient (Wildman–Crippen LogP) is 3.00. The molecule has 0 fully saturated rings. The molecule has 0 saturated carbocycles. The summed E-state index contributed by atoms with van der Waals surface area (Å²) in [5.74, 6) is -0.638. The number of nitrogens with zero attached hydrogens (tertiary/aromatic N) is 2. The van der Waals surface area contributed by atoms with Crippen LogP contribution in [0.3, 0.4) is 0 Å². The number of carbonyl (C=O) groups is 3. The maximum atomic E-state index is 12.8. The number of rotatable bonds is 6. The van der Waals surface area contributed by atoms with Gasteiger partial charge >= 0.3 is 5.97 Å². The van der Waals surface area contributed by atoms with Crippen molar-refractivity contribution in [1.82, 2.24) is 4.90 Å². The molecule has 1 atom stereocenters. The lowest BCUT2D eigenvalue weighted by atomic mass is 10.2. The molecule has 0 aliphatic carbocycles. The van der Waals surface area contributed by atoms with Gasteiger partial charge in [-0.25, -0.2) is 4.79 Å². The summed E-state index contributed by atoms with van der Waals surface area (Å²) in [4.78, 5) is 41.2. The molecule has 29 heavy (non-hydrogen) atoms.